The molecule has 0 bridgehead atoms. The quantitative estimate of drug-likeness (QED) is 0.521. The van der Waals surface area contributed by atoms with Crippen molar-refractivity contribution in [2.75, 3.05) is 0 Å². The van der Waals surface area contributed by atoms with Crippen LogP contribution >= 0.6 is 0 Å². The summed E-state index contributed by atoms with van der Waals surface area (Å²) in [6.45, 7) is 0. The first-order chi connectivity index (χ1) is 7.50. The van der Waals surface area contributed by atoms with Crippen LogP contribution in [0.5, 0.6) is 0 Å². The van der Waals surface area contributed by atoms with E-state index in [2.05, 4.69) is 48.6 Å². The molecule has 0 spiro atoms. The predicted molar refractivity (Wildman–Crippen MR) is 68.9 cm³/mol. The highest BCUT2D eigenvalue weighted by Crippen LogP contribution is 2.08. The topological polar surface area (TPSA) is 0 Å². The van der Waals surface area contributed by atoms with Crippen LogP contribution in [-0.2, 0) is 0 Å². The molecule has 0 aliphatic heterocycles. The van der Waals surface area contributed by atoms with Crippen molar-refractivity contribution in [1.82, 2.24) is 0 Å². The summed E-state index contributed by atoms with van der Waals surface area (Å²) in [6.07, 6.45) is 26.5. The summed E-state index contributed by atoms with van der Waals surface area (Å²) >= 11 is 0. The molecule has 82 valence electrons. The zero-order valence-corrected chi connectivity index (χ0v) is 9.57. The third-order valence-electron chi connectivity index (χ3n) is 2.57. The molecule has 0 radical (unpaired) electrons. The van der Waals surface area contributed by atoms with E-state index in [0.29, 0.717) is 0 Å². The summed E-state index contributed by atoms with van der Waals surface area (Å²) in [5.41, 5.74) is 0. The maximum Gasteiger partial charge on any atom is -0.0348 e. The van der Waals surface area contributed by atoms with Gasteiger partial charge in [-0.25, -0.2) is 0 Å². The van der Waals surface area contributed by atoms with Crippen LogP contribution in [-0.4, -0.2) is 0 Å². The lowest BCUT2D eigenvalue weighted by Gasteiger charge is -1.97. The monoisotopic (exact) mass is 202 g/mol. The van der Waals surface area contributed by atoms with E-state index in [1.54, 1.807) is 0 Å². The minimum absolute atomic E-state index is 1.23. The molecule has 1 aliphatic carbocycles. The van der Waals surface area contributed by atoms with Crippen LogP contribution in [0.4, 0.5) is 0 Å². The zero-order chi connectivity index (χ0) is 10.6. The highest BCUT2D eigenvalue weighted by Gasteiger charge is 1.88. The summed E-state index contributed by atoms with van der Waals surface area (Å²) in [5, 5.41) is 0. The Morgan fingerprint density at radius 2 is 0.800 bits per heavy atom. The fourth-order valence-electron chi connectivity index (χ4n) is 1.66. The summed E-state index contributed by atoms with van der Waals surface area (Å²) in [5.74, 6) is 0. The molecular weight excluding hydrogens is 180 g/mol. The largest absolute Gasteiger partial charge is 0.0845 e. The van der Waals surface area contributed by atoms with Crippen LogP contribution in [0.25, 0.3) is 0 Å². The average molecular weight is 202 g/mol. The Labute approximate surface area is 94.1 Å². The SMILES string of the molecule is C1=CC=CCCCCCCCC=CC=C1. The molecule has 0 aromatic carbocycles. The molecule has 0 aromatic heterocycles. The fourth-order valence-corrected chi connectivity index (χ4v) is 1.66. The zero-order valence-electron chi connectivity index (χ0n) is 9.57. The molecule has 1 rings (SSSR count). The Hall–Kier alpha value is -1.04. The minimum atomic E-state index is 1.23. The molecule has 0 nitrogen and oxygen atoms in total. The third-order valence-corrected chi connectivity index (χ3v) is 2.57. The summed E-state index contributed by atoms with van der Waals surface area (Å²) in [4.78, 5) is 0. The second kappa shape index (κ2) is 9.51. The van der Waals surface area contributed by atoms with Crippen LogP contribution in [0.3, 0.4) is 0 Å². The normalized spacial score (nSPS) is 19.7. The van der Waals surface area contributed by atoms with E-state index in [1.807, 2.05) is 0 Å². The molecule has 15 heavy (non-hydrogen) atoms. The number of hydrogen-bond donors (Lipinski definition) is 0. The Balaban J connectivity index is 2.34. The van der Waals surface area contributed by atoms with Crippen molar-refractivity contribution in [3.05, 3.63) is 48.6 Å². The van der Waals surface area contributed by atoms with Gasteiger partial charge >= 0.3 is 0 Å². The van der Waals surface area contributed by atoms with E-state index in [-0.39, 0.29) is 0 Å². The fraction of sp³-hybridized carbons (Fsp3) is 0.467. The summed E-state index contributed by atoms with van der Waals surface area (Å²) in [7, 11) is 0. The van der Waals surface area contributed by atoms with Crippen LogP contribution in [0.15, 0.2) is 48.6 Å². The number of allylic oxidation sites excluding steroid dienone is 8. The van der Waals surface area contributed by atoms with E-state index >= 15 is 0 Å². The highest BCUT2D eigenvalue weighted by molar-refractivity contribution is 5.15. The molecule has 0 amide bonds. The first kappa shape index (κ1) is 12.0. The Morgan fingerprint density at radius 1 is 0.400 bits per heavy atom. The Bertz CT molecular complexity index is 215. The predicted octanol–water partition coefficient (Wildman–Crippen LogP) is 4.96. The summed E-state index contributed by atoms with van der Waals surface area (Å²) in [6, 6.07) is 0. The molecule has 0 heteroatoms. The van der Waals surface area contributed by atoms with Crippen LogP contribution in [0, 0.1) is 0 Å². The van der Waals surface area contributed by atoms with Crippen molar-refractivity contribution < 1.29 is 0 Å². The minimum Gasteiger partial charge on any atom is -0.0845 e. The second-order valence-electron chi connectivity index (χ2n) is 3.97. The van der Waals surface area contributed by atoms with Gasteiger partial charge in [-0.2, -0.15) is 0 Å². The van der Waals surface area contributed by atoms with E-state index < -0.39 is 0 Å². The second-order valence-corrected chi connectivity index (χ2v) is 3.97. The molecule has 0 unspecified atom stereocenters. The maximum atomic E-state index is 2.26. The lowest BCUT2D eigenvalue weighted by Crippen LogP contribution is -1.77. The van der Waals surface area contributed by atoms with Crippen LogP contribution < -0.4 is 0 Å². The molecule has 0 atom stereocenters. The van der Waals surface area contributed by atoms with Gasteiger partial charge in [-0.05, 0) is 25.7 Å². The van der Waals surface area contributed by atoms with E-state index in [4.69, 9.17) is 0 Å². The molecule has 0 heterocycles. The molecule has 0 saturated heterocycles. The lowest BCUT2D eigenvalue weighted by atomic mass is 10.1. The van der Waals surface area contributed by atoms with Crippen molar-refractivity contribution in [3.63, 3.8) is 0 Å². The molecule has 0 saturated carbocycles. The van der Waals surface area contributed by atoms with Crippen molar-refractivity contribution in [3.8, 4) is 0 Å². The van der Waals surface area contributed by atoms with Gasteiger partial charge in [0.25, 0.3) is 0 Å². The van der Waals surface area contributed by atoms with Crippen molar-refractivity contribution in [1.29, 1.82) is 0 Å². The Morgan fingerprint density at radius 3 is 1.33 bits per heavy atom. The van der Waals surface area contributed by atoms with Gasteiger partial charge < -0.3 is 0 Å². The molecule has 0 aromatic rings. The van der Waals surface area contributed by atoms with Gasteiger partial charge in [0.05, 0.1) is 0 Å². The van der Waals surface area contributed by atoms with E-state index in [0.717, 1.165) is 0 Å². The lowest BCUT2D eigenvalue weighted by molar-refractivity contribution is 0.622. The van der Waals surface area contributed by atoms with Gasteiger partial charge in [-0.3, -0.25) is 0 Å². The van der Waals surface area contributed by atoms with Gasteiger partial charge in [0.2, 0.25) is 0 Å². The molecule has 0 fully saturated rings. The van der Waals surface area contributed by atoms with Crippen LogP contribution in [0.2, 0.25) is 0 Å². The van der Waals surface area contributed by atoms with Crippen LogP contribution in [0.1, 0.15) is 44.9 Å². The van der Waals surface area contributed by atoms with E-state index in [1.165, 1.54) is 44.9 Å². The first-order valence-electron chi connectivity index (χ1n) is 6.15. The first-order valence-corrected chi connectivity index (χ1v) is 6.15. The highest BCUT2D eigenvalue weighted by atomic mass is 13.9. The van der Waals surface area contributed by atoms with Crippen molar-refractivity contribution in [2.45, 2.75) is 44.9 Å². The van der Waals surface area contributed by atoms with Crippen molar-refractivity contribution >= 4 is 0 Å². The van der Waals surface area contributed by atoms with Gasteiger partial charge in [0.15, 0.2) is 0 Å². The number of rotatable bonds is 0. The molecule has 1 aliphatic rings. The van der Waals surface area contributed by atoms with Crippen molar-refractivity contribution in [2.24, 2.45) is 0 Å². The van der Waals surface area contributed by atoms with Gasteiger partial charge in [0.1, 0.15) is 0 Å². The third kappa shape index (κ3) is 7.99. The molecule has 0 N–H and O–H groups in total. The summed E-state index contributed by atoms with van der Waals surface area (Å²) < 4.78 is 0. The van der Waals surface area contributed by atoms with Gasteiger partial charge in [-0.15, -0.1) is 0 Å². The average Bonchev–Trinajstić information content (AvgIpc) is 2.27. The standard InChI is InChI=1S/C15H22/c1-2-4-6-8-10-12-14-15-13-11-9-7-5-3-1/h1-8H,9-15H2. The molecular formula is C15H22. The van der Waals surface area contributed by atoms with E-state index in [9.17, 15) is 0 Å². The van der Waals surface area contributed by atoms with Gasteiger partial charge in [0, 0.05) is 0 Å². The smallest absolute Gasteiger partial charge is 0.0348 e. The Kier molecular flexibility index (Phi) is 7.63. The number of hydrogen-bond acceptors (Lipinski definition) is 0. The maximum absolute atomic E-state index is 2.26. The van der Waals surface area contributed by atoms with Gasteiger partial charge in [-0.1, -0.05) is 67.9 Å².